The molecule has 0 aliphatic carbocycles. The molecule has 0 unspecified atom stereocenters. The second-order valence-corrected chi connectivity index (χ2v) is 6.78. The van der Waals surface area contributed by atoms with Gasteiger partial charge in [-0.1, -0.05) is 12.1 Å². The van der Waals surface area contributed by atoms with Crippen LogP contribution < -0.4 is 14.2 Å². The fourth-order valence-electron chi connectivity index (χ4n) is 2.10. The lowest BCUT2D eigenvalue weighted by atomic mass is 10.2. The van der Waals surface area contributed by atoms with Crippen molar-refractivity contribution in [3.8, 4) is 11.5 Å². The number of rotatable bonds is 7. The lowest BCUT2D eigenvalue weighted by Crippen LogP contribution is -2.13. The number of carbonyl (C=O) groups is 1. The molecule has 0 spiro atoms. The van der Waals surface area contributed by atoms with Crippen molar-refractivity contribution in [2.75, 3.05) is 26.1 Å². The lowest BCUT2D eigenvalue weighted by molar-refractivity contribution is -0.134. The van der Waals surface area contributed by atoms with E-state index < -0.39 is 16.0 Å². The van der Waals surface area contributed by atoms with Crippen LogP contribution in [0.1, 0.15) is 5.56 Å². The molecule has 1 N–H and O–H groups in total. The standard InChI is InChI=1S/C18H19NO6S/c1-23-16-10-7-14(12-17(16)24-2)19-26(21,22)15-8-4-13(5-9-15)6-11-18(20)25-3/h4-12,19H,1-3H3. The molecule has 0 aliphatic heterocycles. The van der Waals surface area contributed by atoms with Crippen molar-refractivity contribution in [2.24, 2.45) is 0 Å². The monoisotopic (exact) mass is 377 g/mol. The van der Waals surface area contributed by atoms with Crippen molar-refractivity contribution in [1.82, 2.24) is 0 Å². The second-order valence-electron chi connectivity index (χ2n) is 5.10. The highest BCUT2D eigenvalue weighted by atomic mass is 32.2. The Labute approximate surface area is 152 Å². The molecule has 138 valence electrons. The van der Waals surface area contributed by atoms with Crippen molar-refractivity contribution in [2.45, 2.75) is 4.90 Å². The zero-order chi connectivity index (χ0) is 19.2. The summed E-state index contributed by atoms with van der Waals surface area (Å²) in [7, 11) is 0.474. The molecule has 7 nitrogen and oxygen atoms in total. The first kappa shape index (κ1) is 19.3. The van der Waals surface area contributed by atoms with Crippen molar-refractivity contribution < 1.29 is 27.4 Å². The van der Waals surface area contributed by atoms with Crippen LogP contribution in [0.5, 0.6) is 11.5 Å². The first-order valence-electron chi connectivity index (χ1n) is 7.50. The molecule has 0 saturated carbocycles. The highest BCUT2D eigenvalue weighted by Gasteiger charge is 2.15. The molecule has 2 aromatic rings. The Morgan fingerprint density at radius 2 is 1.62 bits per heavy atom. The number of anilines is 1. The maximum Gasteiger partial charge on any atom is 0.330 e. The number of nitrogens with one attached hydrogen (secondary N) is 1. The predicted molar refractivity (Wildman–Crippen MR) is 97.8 cm³/mol. The maximum absolute atomic E-state index is 12.5. The van der Waals surface area contributed by atoms with E-state index in [4.69, 9.17) is 9.47 Å². The Kier molecular flexibility index (Phi) is 6.24. The van der Waals surface area contributed by atoms with Gasteiger partial charge < -0.3 is 14.2 Å². The summed E-state index contributed by atoms with van der Waals surface area (Å²) in [6.45, 7) is 0. The number of hydrogen-bond acceptors (Lipinski definition) is 6. The van der Waals surface area contributed by atoms with Crippen LogP contribution in [0.4, 0.5) is 5.69 Å². The number of methoxy groups -OCH3 is 3. The van der Waals surface area contributed by atoms with Gasteiger partial charge in [-0.15, -0.1) is 0 Å². The Hall–Kier alpha value is -3.00. The normalized spacial score (nSPS) is 11.2. The highest BCUT2D eigenvalue weighted by molar-refractivity contribution is 7.92. The minimum absolute atomic E-state index is 0.0857. The first-order valence-corrected chi connectivity index (χ1v) is 8.99. The summed E-state index contributed by atoms with van der Waals surface area (Å²) >= 11 is 0. The fraction of sp³-hybridized carbons (Fsp3) is 0.167. The van der Waals surface area contributed by atoms with E-state index in [9.17, 15) is 13.2 Å². The highest BCUT2D eigenvalue weighted by Crippen LogP contribution is 2.30. The van der Waals surface area contributed by atoms with E-state index in [1.54, 1.807) is 24.3 Å². The Morgan fingerprint density at radius 1 is 0.962 bits per heavy atom. The SMILES string of the molecule is COC(=O)C=Cc1ccc(S(=O)(=O)Nc2ccc(OC)c(OC)c2)cc1. The van der Waals surface area contributed by atoms with Crippen molar-refractivity contribution in [3.05, 3.63) is 54.1 Å². The minimum atomic E-state index is -3.77. The van der Waals surface area contributed by atoms with Gasteiger partial charge in [-0.3, -0.25) is 4.72 Å². The zero-order valence-electron chi connectivity index (χ0n) is 14.6. The van der Waals surface area contributed by atoms with Gasteiger partial charge in [0, 0.05) is 12.1 Å². The number of esters is 1. The molecule has 8 heteroatoms. The van der Waals surface area contributed by atoms with E-state index in [0.29, 0.717) is 22.7 Å². The van der Waals surface area contributed by atoms with Gasteiger partial charge in [0.1, 0.15) is 0 Å². The van der Waals surface area contributed by atoms with Crippen LogP contribution >= 0.6 is 0 Å². The molecule has 0 atom stereocenters. The van der Waals surface area contributed by atoms with Gasteiger partial charge in [0.2, 0.25) is 0 Å². The molecule has 0 amide bonds. The summed E-state index contributed by atoms with van der Waals surface area (Å²) in [5.74, 6) is 0.421. The molecule has 0 aliphatic rings. The molecule has 0 heterocycles. The van der Waals surface area contributed by atoms with Gasteiger partial charge >= 0.3 is 5.97 Å². The average molecular weight is 377 g/mol. The van der Waals surface area contributed by atoms with Crippen LogP contribution in [0.3, 0.4) is 0 Å². The zero-order valence-corrected chi connectivity index (χ0v) is 15.4. The molecule has 2 aromatic carbocycles. The van der Waals surface area contributed by atoms with Crippen LogP contribution in [0.25, 0.3) is 6.08 Å². The second kappa shape index (κ2) is 8.39. The van der Waals surface area contributed by atoms with E-state index in [2.05, 4.69) is 9.46 Å². The van der Waals surface area contributed by atoms with Gasteiger partial charge in [0.25, 0.3) is 10.0 Å². The van der Waals surface area contributed by atoms with Crippen LogP contribution in [-0.4, -0.2) is 35.7 Å². The molecule has 0 bridgehead atoms. The Bertz CT molecular complexity index is 904. The molecule has 0 aromatic heterocycles. The lowest BCUT2D eigenvalue weighted by Gasteiger charge is -2.12. The molecule has 0 saturated heterocycles. The van der Waals surface area contributed by atoms with Crippen LogP contribution in [0.2, 0.25) is 0 Å². The van der Waals surface area contributed by atoms with Gasteiger partial charge in [-0.25, -0.2) is 13.2 Å². The fourth-order valence-corrected chi connectivity index (χ4v) is 3.15. The summed E-state index contributed by atoms with van der Waals surface area (Å²) in [5.41, 5.74) is 1.01. The Balaban J connectivity index is 2.20. The van der Waals surface area contributed by atoms with Crippen molar-refractivity contribution >= 4 is 27.8 Å². The van der Waals surface area contributed by atoms with Gasteiger partial charge in [0.05, 0.1) is 31.9 Å². The van der Waals surface area contributed by atoms with E-state index in [1.165, 1.54) is 51.7 Å². The molecule has 2 rings (SSSR count). The summed E-state index contributed by atoms with van der Waals surface area (Å²) in [6, 6.07) is 10.8. The molecular weight excluding hydrogens is 358 g/mol. The van der Waals surface area contributed by atoms with Crippen LogP contribution in [0, 0.1) is 0 Å². The number of benzene rings is 2. The number of ether oxygens (including phenoxy) is 3. The van der Waals surface area contributed by atoms with Crippen molar-refractivity contribution in [3.63, 3.8) is 0 Å². The quantitative estimate of drug-likeness (QED) is 0.589. The third-order valence-electron chi connectivity index (χ3n) is 3.44. The maximum atomic E-state index is 12.5. The van der Waals surface area contributed by atoms with Gasteiger partial charge in [-0.2, -0.15) is 0 Å². The van der Waals surface area contributed by atoms with E-state index in [-0.39, 0.29) is 4.90 Å². The Morgan fingerprint density at radius 3 is 2.19 bits per heavy atom. The van der Waals surface area contributed by atoms with E-state index in [0.717, 1.165) is 0 Å². The molecule has 0 fully saturated rings. The first-order chi connectivity index (χ1) is 12.4. The van der Waals surface area contributed by atoms with Gasteiger partial charge in [0.15, 0.2) is 11.5 Å². The van der Waals surface area contributed by atoms with E-state index in [1.807, 2.05) is 0 Å². The smallest absolute Gasteiger partial charge is 0.330 e. The molecule has 26 heavy (non-hydrogen) atoms. The summed E-state index contributed by atoms with van der Waals surface area (Å²) in [4.78, 5) is 11.2. The number of sulfonamides is 1. The third kappa shape index (κ3) is 4.76. The summed E-state index contributed by atoms with van der Waals surface area (Å²) in [6.07, 6.45) is 2.79. The van der Waals surface area contributed by atoms with Gasteiger partial charge in [-0.05, 0) is 35.9 Å². The topological polar surface area (TPSA) is 90.9 Å². The molecule has 0 radical (unpaired) electrons. The number of hydrogen-bond donors (Lipinski definition) is 1. The summed E-state index contributed by atoms with van der Waals surface area (Å²) < 4.78 is 42.3. The van der Waals surface area contributed by atoms with Crippen LogP contribution in [0.15, 0.2) is 53.4 Å². The average Bonchev–Trinajstić information content (AvgIpc) is 2.65. The summed E-state index contributed by atoms with van der Waals surface area (Å²) in [5, 5.41) is 0. The van der Waals surface area contributed by atoms with Crippen molar-refractivity contribution in [1.29, 1.82) is 0 Å². The third-order valence-corrected chi connectivity index (χ3v) is 4.84. The largest absolute Gasteiger partial charge is 0.493 e. The molecular formula is C18H19NO6S. The van der Waals surface area contributed by atoms with E-state index >= 15 is 0 Å². The predicted octanol–water partition coefficient (Wildman–Crippen LogP) is 2.69. The van der Waals surface area contributed by atoms with Crippen LogP contribution in [-0.2, 0) is 19.6 Å². The number of carbonyl (C=O) groups excluding carboxylic acids is 1. The minimum Gasteiger partial charge on any atom is -0.493 e.